The summed E-state index contributed by atoms with van der Waals surface area (Å²) < 4.78 is 5.68. The van der Waals surface area contributed by atoms with Crippen LogP contribution in [0.25, 0.3) is 11.5 Å². The largest absolute Gasteiger partial charge is 0.419 e. The van der Waals surface area contributed by atoms with Crippen molar-refractivity contribution in [3.63, 3.8) is 0 Å². The average Bonchev–Trinajstić information content (AvgIpc) is 2.89. The van der Waals surface area contributed by atoms with Crippen molar-refractivity contribution < 1.29 is 4.42 Å². The Hall–Kier alpha value is -1.75. The van der Waals surface area contributed by atoms with Crippen molar-refractivity contribution in [3.8, 4) is 11.5 Å². The summed E-state index contributed by atoms with van der Waals surface area (Å²) in [5, 5.41) is 8.19. The van der Waals surface area contributed by atoms with Gasteiger partial charge < -0.3 is 4.42 Å². The van der Waals surface area contributed by atoms with E-state index in [1.165, 1.54) is 19.3 Å². The van der Waals surface area contributed by atoms with Crippen molar-refractivity contribution in [1.29, 1.82) is 0 Å². The lowest BCUT2D eigenvalue weighted by molar-refractivity contribution is 0.202. The molecule has 0 radical (unpaired) electrons. The first-order valence-electron chi connectivity index (χ1n) is 6.37. The van der Waals surface area contributed by atoms with Gasteiger partial charge in [0, 0.05) is 18.0 Å². The number of nitrogens with zero attached hydrogens (tertiary/aromatic N) is 4. The number of hydrogen-bond acceptors (Lipinski definition) is 5. The smallest absolute Gasteiger partial charge is 0.247 e. The van der Waals surface area contributed by atoms with Crippen LogP contribution in [0, 0.1) is 0 Å². The zero-order valence-electron chi connectivity index (χ0n) is 10.2. The Kier molecular flexibility index (Phi) is 3.32. The zero-order valence-corrected chi connectivity index (χ0v) is 10.2. The van der Waals surface area contributed by atoms with Crippen LogP contribution in [-0.4, -0.2) is 33.2 Å². The van der Waals surface area contributed by atoms with E-state index < -0.39 is 0 Å². The molecule has 18 heavy (non-hydrogen) atoms. The zero-order chi connectivity index (χ0) is 12.2. The molecule has 5 heteroatoms. The van der Waals surface area contributed by atoms with Crippen LogP contribution in [0.5, 0.6) is 0 Å². The highest BCUT2D eigenvalue weighted by Gasteiger charge is 2.14. The summed E-state index contributed by atoms with van der Waals surface area (Å²) in [6.45, 7) is 3.03. The van der Waals surface area contributed by atoms with Crippen LogP contribution in [0.3, 0.4) is 0 Å². The molecule has 0 atom stereocenters. The van der Waals surface area contributed by atoms with Gasteiger partial charge in [0.25, 0.3) is 0 Å². The molecule has 1 aliphatic rings. The van der Waals surface area contributed by atoms with Crippen molar-refractivity contribution >= 4 is 0 Å². The normalized spacial score (nSPS) is 16.9. The molecule has 0 bridgehead atoms. The lowest BCUT2D eigenvalue weighted by Crippen LogP contribution is -2.29. The van der Waals surface area contributed by atoms with Crippen LogP contribution in [0.4, 0.5) is 0 Å². The van der Waals surface area contributed by atoms with Crippen LogP contribution in [-0.2, 0) is 6.54 Å². The summed E-state index contributed by atoms with van der Waals surface area (Å²) in [5.41, 5.74) is 0.919. The summed E-state index contributed by atoms with van der Waals surface area (Å²) in [5.74, 6) is 1.27. The van der Waals surface area contributed by atoms with Gasteiger partial charge in [-0.1, -0.05) is 6.42 Å². The highest BCUT2D eigenvalue weighted by Crippen LogP contribution is 2.18. The minimum Gasteiger partial charge on any atom is -0.419 e. The standard InChI is InChI=1S/C13H16N4O/c1-2-8-17(9-3-1)10-12-15-16-13(18-12)11-4-6-14-7-5-11/h4-7H,1-3,8-10H2. The maximum atomic E-state index is 5.68. The molecule has 0 amide bonds. The quantitative estimate of drug-likeness (QED) is 0.827. The lowest BCUT2D eigenvalue weighted by Gasteiger charge is -2.24. The predicted molar refractivity (Wildman–Crippen MR) is 66.7 cm³/mol. The molecule has 1 fully saturated rings. The number of rotatable bonds is 3. The van der Waals surface area contributed by atoms with Crippen LogP contribution < -0.4 is 0 Å². The van der Waals surface area contributed by atoms with E-state index >= 15 is 0 Å². The SMILES string of the molecule is c1cc(-c2nnc(CN3CCCCC3)o2)ccn1. The molecule has 2 aromatic heterocycles. The van der Waals surface area contributed by atoms with Crippen LogP contribution in [0.2, 0.25) is 0 Å². The fourth-order valence-electron chi connectivity index (χ4n) is 2.24. The molecule has 0 saturated carbocycles. The van der Waals surface area contributed by atoms with Crippen LogP contribution >= 0.6 is 0 Å². The minimum atomic E-state index is 0.574. The molecule has 0 spiro atoms. The average molecular weight is 244 g/mol. The van der Waals surface area contributed by atoms with Crippen LogP contribution in [0.15, 0.2) is 28.9 Å². The van der Waals surface area contributed by atoms with Gasteiger partial charge >= 0.3 is 0 Å². The number of hydrogen-bond donors (Lipinski definition) is 0. The molecular weight excluding hydrogens is 228 g/mol. The maximum absolute atomic E-state index is 5.68. The number of piperidine rings is 1. The molecule has 5 nitrogen and oxygen atoms in total. The molecule has 3 heterocycles. The lowest BCUT2D eigenvalue weighted by atomic mass is 10.1. The van der Waals surface area contributed by atoms with Gasteiger partial charge in [0.05, 0.1) is 6.54 Å². The van der Waals surface area contributed by atoms with Gasteiger partial charge in [0.15, 0.2) is 0 Å². The third-order valence-corrected chi connectivity index (χ3v) is 3.20. The predicted octanol–water partition coefficient (Wildman–Crippen LogP) is 2.12. The molecule has 0 aromatic carbocycles. The number of likely N-dealkylation sites (tertiary alicyclic amines) is 1. The van der Waals surface area contributed by atoms with E-state index in [0.717, 1.165) is 25.2 Å². The molecular formula is C13H16N4O. The topological polar surface area (TPSA) is 55.1 Å². The van der Waals surface area contributed by atoms with E-state index in [2.05, 4.69) is 20.1 Å². The van der Waals surface area contributed by atoms with Crippen molar-refractivity contribution in [1.82, 2.24) is 20.1 Å². The third kappa shape index (κ3) is 2.56. The van der Waals surface area contributed by atoms with E-state index in [-0.39, 0.29) is 0 Å². The highest BCUT2D eigenvalue weighted by atomic mass is 16.4. The van der Waals surface area contributed by atoms with E-state index in [1.807, 2.05) is 12.1 Å². The molecule has 1 saturated heterocycles. The number of pyridine rings is 1. The summed E-state index contributed by atoms with van der Waals surface area (Å²) in [6, 6.07) is 3.75. The summed E-state index contributed by atoms with van der Waals surface area (Å²) in [7, 11) is 0. The molecule has 3 rings (SSSR count). The van der Waals surface area contributed by atoms with Crippen molar-refractivity contribution in [2.75, 3.05) is 13.1 Å². The van der Waals surface area contributed by atoms with Gasteiger partial charge in [-0.15, -0.1) is 10.2 Å². The first kappa shape index (κ1) is 11.3. The van der Waals surface area contributed by atoms with Gasteiger partial charge in [-0.25, -0.2) is 0 Å². The van der Waals surface area contributed by atoms with E-state index in [1.54, 1.807) is 12.4 Å². The Balaban J connectivity index is 1.69. The molecule has 94 valence electrons. The number of aromatic nitrogens is 3. The van der Waals surface area contributed by atoms with Crippen molar-refractivity contribution in [2.24, 2.45) is 0 Å². The molecule has 1 aliphatic heterocycles. The Morgan fingerprint density at radius 2 is 1.83 bits per heavy atom. The first-order valence-corrected chi connectivity index (χ1v) is 6.37. The second-order valence-electron chi connectivity index (χ2n) is 4.57. The van der Waals surface area contributed by atoms with Crippen LogP contribution in [0.1, 0.15) is 25.2 Å². The Labute approximate surface area is 106 Å². The minimum absolute atomic E-state index is 0.574. The van der Waals surface area contributed by atoms with Gasteiger partial charge in [-0.3, -0.25) is 9.88 Å². The molecule has 0 aliphatic carbocycles. The highest BCUT2D eigenvalue weighted by molar-refractivity contribution is 5.50. The van der Waals surface area contributed by atoms with Crippen molar-refractivity contribution in [3.05, 3.63) is 30.4 Å². The summed E-state index contributed by atoms with van der Waals surface area (Å²) in [6.07, 6.45) is 7.33. The third-order valence-electron chi connectivity index (χ3n) is 3.20. The molecule has 0 N–H and O–H groups in total. The summed E-state index contributed by atoms with van der Waals surface area (Å²) >= 11 is 0. The fourth-order valence-corrected chi connectivity index (χ4v) is 2.24. The summed E-state index contributed by atoms with van der Waals surface area (Å²) in [4.78, 5) is 6.34. The Bertz CT molecular complexity index is 491. The molecule has 0 unspecified atom stereocenters. The van der Waals surface area contributed by atoms with E-state index in [9.17, 15) is 0 Å². The second-order valence-corrected chi connectivity index (χ2v) is 4.57. The Morgan fingerprint density at radius 3 is 2.61 bits per heavy atom. The fraction of sp³-hybridized carbons (Fsp3) is 0.462. The second kappa shape index (κ2) is 5.27. The van der Waals surface area contributed by atoms with Crippen molar-refractivity contribution in [2.45, 2.75) is 25.8 Å². The van der Waals surface area contributed by atoms with Gasteiger partial charge in [0.2, 0.25) is 11.8 Å². The van der Waals surface area contributed by atoms with Gasteiger partial charge in [0.1, 0.15) is 0 Å². The molecule has 2 aromatic rings. The van der Waals surface area contributed by atoms with Gasteiger partial charge in [-0.2, -0.15) is 0 Å². The van der Waals surface area contributed by atoms with E-state index in [4.69, 9.17) is 4.42 Å². The maximum Gasteiger partial charge on any atom is 0.247 e. The van der Waals surface area contributed by atoms with Gasteiger partial charge in [-0.05, 0) is 38.1 Å². The monoisotopic (exact) mass is 244 g/mol. The first-order chi connectivity index (χ1) is 8.92. The Morgan fingerprint density at radius 1 is 1.06 bits per heavy atom. The van der Waals surface area contributed by atoms with E-state index in [0.29, 0.717) is 11.8 Å².